The van der Waals surface area contributed by atoms with Crippen LogP contribution in [0.25, 0.3) is 0 Å². The molecule has 2 rings (SSSR count). The molecule has 98 valence electrons. The van der Waals surface area contributed by atoms with Gasteiger partial charge in [-0.3, -0.25) is 4.79 Å². The summed E-state index contributed by atoms with van der Waals surface area (Å²) in [7, 11) is 1.69. The first-order chi connectivity index (χ1) is 9.08. The minimum Gasteiger partial charge on any atom is -0.315 e. The molecule has 0 heterocycles. The molecule has 0 aliphatic rings. The molecule has 0 atom stereocenters. The summed E-state index contributed by atoms with van der Waals surface area (Å²) in [5.41, 5.74) is 1.19. The summed E-state index contributed by atoms with van der Waals surface area (Å²) in [5.74, 6) is -0.513. The molecule has 2 aromatic carbocycles. The highest BCUT2D eigenvalue weighted by molar-refractivity contribution is 9.10. The van der Waals surface area contributed by atoms with Gasteiger partial charge in [0, 0.05) is 17.2 Å². The molecule has 0 radical (unpaired) electrons. The SMILES string of the molecule is CN(C(=O)Cc1cc(Br)ccc1F)c1ccccc1. The molecule has 0 aromatic heterocycles. The van der Waals surface area contributed by atoms with Crippen LogP contribution in [0.4, 0.5) is 10.1 Å². The van der Waals surface area contributed by atoms with Gasteiger partial charge in [-0.25, -0.2) is 4.39 Å². The minimum atomic E-state index is -0.363. The third-order valence-corrected chi connectivity index (χ3v) is 3.36. The second kappa shape index (κ2) is 5.97. The van der Waals surface area contributed by atoms with Crippen LogP contribution in [0.1, 0.15) is 5.56 Å². The molecular weight excluding hydrogens is 309 g/mol. The second-order valence-electron chi connectivity index (χ2n) is 4.20. The van der Waals surface area contributed by atoms with E-state index in [1.54, 1.807) is 19.2 Å². The summed E-state index contributed by atoms with van der Waals surface area (Å²) < 4.78 is 14.4. The summed E-state index contributed by atoms with van der Waals surface area (Å²) in [4.78, 5) is 13.6. The van der Waals surface area contributed by atoms with Crippen molar-refractivity contribution >= 4 is 27.5 Å². The van der Waals surface area contributed by atoms with E-state index in [1.807, 2.05) is 30.3 Å². The molecule has 0 fully saturated rings. The molecule has 2 aromatic rings. The summed E-state index contributed by atoms with van der Waals surface area (Å²) >= 11 is 3.28. The number of para-hydroxylation sites is 1. The van der Waals surface area contributed by atoms with Gasteiger partial charge in [0.15, 0.2) is 0 Å². The lowest BCUT2D eigenvalue weighted by molar-refractivity contribution is -0.117. The average molecular weight is 322 g/mol. The van der Waals surface area contributed by atoms with Crippen LogP contribution < -0.4 is 4.90 Å². The smallest absolute Gasteiger partial charge is 0.231 e. The molecule has 0 unspecified atom stereocenters. The van der Waals surface area contributed by atoms with Crippen LogP contribution in [0.5, 0.6) is 0 Å². The lowest BCUT2D eigenvalue weighted by Gasteiger charge is -2.17. The van der Waals surface area contributed by atoms with Gasteiger partial charge in [-0.1, -0.05) is 34.1 Å². The average Bonchev–Trinajstić information content (AvgIpc) is 2.43. The number of nitrogens with zero attached hydrogens (tertiary/aromatic N) is 1. The summed E-state index contributed by atoms with van der Waals surface area (Å²) in [6.45, 7) is 0. The van der Waals surface area contributed by atoms with Crippen LogP contribution in [0.2, 0.25) is 0 Å². The summed E-state index contributed by atoms with van der Waals surface area (Å²) in [5, 5.41) is 0. The number of likely N-dealkylation sites (N-methyl/N-ethyl adjacent to an activating group) is 1. The van der Waals surface area contributed by atoms with Gasteiger partial charge in [0.1, 0.15) is 5.82 Å². The van der Waals surface area contributed by atoms with Crippen molar-refractivity contribution in [3.63, 3.8) is 0 Å². The van der Waals surface area contributed by atoms with Crippen LogP contribution >= 0.6 is 15.9 Å². The van der Waals surface area contributed by atoms with E-state index in [9.17, 15) is 9.18 Å². The quantitative estimate of drug-likeness (QED) is 0.842. The number of carbonyl (C=O) groups is 1. The monoisotopic (exact) mass is 321 g/mol. The number of halogens is 2. The Balaban J connectivity index is 2.15. The number of anilines is 1. The van der Waals surface area contributed by atoms with Crippen molar-refractivity contribution in [1.82, 2.24) is 0 Å². The predicted molar refractivity (Wildman–Crippen MR) is 77.7 cm³/mol. The molecular formula is C15H13BrFNO. The van der Waals surface area contributed by atoms with E-state index in [2.05, 4.69) is 15.9 Å². The Morgan fingerprint density at radius 1 is 1.21 bits per heavy atom. The van der Waals surface area contributed by atoms with Gasteiger partial charge in [0.05, 0.1) is 6.42 Å². The largest absolute Gasteiger partial charge is 0.315 e. The highest BCUT2D eigenvalue weighted by atomic mass is 79.9. The van der Waals surface area contributed by atoms with Gasteiger partial charge in [-0.2, -0.15) is 0 Å². The van der Waals surface area contributed by atoms with E-state index in [0.717, 1.165) is 10.2 Å². The van der Waals surface area contributed by atoms with Gasteiger partial charge in [-0.05, 0) is 35.9 Å². The van der Waals surface area contributed by atoms with Gasteiger partial charge in [-0.15, -0.1) is 0 Å². The zero-order valence-corrected chi connectivity index (χ0v) is 12.0. The number of benzene rings is 2. The molecule has 0 spiro atoms. The first kappa shape index (κ1) is 13.7. The fourth-order valence-electron chi connectivity index (χ4n) is 1.76. The van der Waals surface area contributed by atoms with Crippen molar-refractivity contribution in [2.45, 2.75) is 6.42 Å². The van der Waals surface area contributed by atoms with E-state index in [4.69, 9.17) is 0 Å². The van der Waals surface area contributed by atoms with Gasteiger partial charge < -0.3 is 4.90 Å². The van der Waals surface area contributed by atoms with Crippen LogP contribution in [0, 0.1) is 5.82 Å². The van der Waals surface area contributed by atoms with Gasteiger partial charge >= 0.3 is 0 Å². The fourth-order valence-corrected chi connectivity index (χ4v) is 2.16. The molecule has 0 aliphatic carbocycles. The Bertz CT molecular complexity index is 586. The molecule has 0 N–H and O–H groups in total. The summed E-state index contributed by atoms with van der Waals surface area (Å²) in [6.07, 6.45) is 0.0384. The fraction of sp³-hybridized carbons (Fsp3) is 0.133. The zero-order valence-electron chi connectivity index (χ0n) is 10.4. The Morgan fingerprint density at radius 2 is 1.89 bits per heavy atom. The predicted octanol–water partition coefficient (Wildman–Crippen LogP) is 3.79. The number of hydrogen-bond donors (Lipinski definition) is 0. The Labute approximate surface area is 120 Å². The van der Waals surface area contributed by atoms with E-state index >= 15 is 0 Å². The van der Waals surface area contributed by atoms with E-state index < -0.39 is 0 Å². The first-order valence-electron chi connectivity index (χ1n) is 5.83. The number of hydrogen-bond acceptors (Lipinski definition) is 1. The third kappa shape index (κ3) is 3.41. The highest BCUT2D eigenvalue weighted by Gasteiger charge is 2.14. The van der Waals surface area contributed by atoms with Gasteiger partial charge in [0.25, 0.3) is 0 Å². The van der Waals surface area contributed by atoms with Crippen LogP contribution in [0.15, 0.2) is 53.0 Å². The van der Waals surface area contributed by atoms with Gasteiger partial charge in [0.2, 0.25) is 5.91 Å². The maximum atomic E-state index is 13.6. The van der Waals surface area contributed by atoms with Crippen LogP contribution in [0.3, 0.4) is 0 Å². The number of amides is 1. The Morgan fingerprint density at radius 3 is 2.58 bits per heavy atom. The Kier molecular flexibility index (Phi) is 4.32. The van der Waals surface area contributed by atoms with Crippen molar-refractivity contribution in [2.75, 3.05) is 11.9 Å². The first-order valence-corrected chi connectivity index (χ1v) is 6.63. The molecule has 2 nitrogen and oxygen atoms in total. The van der Waals surface area contributed by atoms with Crippen molar-refractivity contribution in [3.8, 4) is 0 Å². The van der Waals surface area contributed by atoms with Crippen molar-refractivity contribution < 1.29 is 9.18 Å². The minimum absolute atomic E-state index is 0.0384. The maximum absolute atomic E-state index is 13.6. The van der Waals surface area contributed by atoms with E-state index in [0.29, 0.717) is 5.56 Å². The normalized spacial score (nSPS) is 10.3. The molecule has 19 heavy (non-hydrogen) atoms. The molecule has 4 heteroatoms. The van der Waals surface area contributed by atoms with Crippen LogP contribution in [-0.4, -0.2) is 13.0 Å². The van der Waals surface area contributed by atoms with Crippen molar-refractivity contribution in [2.24, 2.45) is 0 Å². The van der Waals surface area contributed by atoms with Crippen LogP contribution in [-0.2, 0) is 11.2 Å². The standard InChI is InChI=1S/C15H13BrFNO/c1-18(13-5-3-2-4-6-13)15(19)10-11-9-12(16)7-8-14(11)17/h2-9H,10H2,1H3. The molecule has 1 amide bonds. The highest BCUT2D eigenvalue weighted by Crippen LogP contribution is 2.18. The second-order valence-corrected chi connectivity index (χ2v) is 5.12. The zero-order chi connectivity index (χ0) is 13.8. The van der Waals surface area contributed by atoms with E-state index in [1.165, 1.54) is 11.0 Å². The van der Waals surface area contributed by atoms with Crippen molar-refractivity contribution in [3.05, 3.63) is 64.4 Å². The lowest BCUT2D eigenvalue weighted by atomic mass is 10.1. The Hall–Kier alpha value is -1.68. The topological polar surface area (TPSA) is 20.3 Å². The maximum Gasteiger partial charge on any atom is 0.231 e. The van der Waals surface area contributed by atoms with E-state index in [-0.39, 0.29) is 18.1 Å². The molecule has 0 saturated heterocycles. The lowest BCUT2D eigenvalue weighted by Crippen LogP contribution is -2.28. The molecule has 0 saturated carbocycles. The number of carbonyl (C=O) groups excluding carboxylic acids is 1. The number of rotatable bonds is 3. The van der Waals surface area contributed by atoms with Crippen molar-refractivity contribution in [1.29, 1.82) is 0 Å². The third-order valence-electron chi connectivity index (χ3n) is 2.87. The summed E-state index contributed by atoms with van der Waals surface area (Å²) in [6, 6.07) is 13.9. The molecule has 0 aliphatic heterocycles. The molecule has 0 bridgehead atoms.